The number of hydrogen-bond donors (Lipinski definition) is 2. The zero-order valence-corrected chi connectivity index (χ0v) is 14.7. The van der Waals surface area contributed by atoms with Gasteiger partial charge in [-0.2, -0.15) is 0 Å². The Morgan fingerprint density at radius 1 is 1.16 bits per heavy atom. The van der Waals surface area contributed by atoms with Gasteiger partial charge in [0.1, 0.15) is 5.75 Å². The van der Waals surface area contributed by atoms with Gasteiger partial charge in [0.2, 0.25) is 0 Å². The standard InChI is InChI=1S/C18H20N2O4S/c1-13-11-16(25(22,23)20-15-5-3-2-4-6-15)9-10-17(13)24-12-18(21)19-14-7-8-14/h2-6,9-11,14,20H,7-8,12H2,1H3,(H,19,21). The summed E-state index contributed by atoms with van der Waals surface area (Å²) in [6.45, 7) is 1.67. The van der Waals surface area contributed by atoms with Gasteiger partial charge in [-0.1, -0.05) is 18.2 Å². The first kappa shape index (κ1) is 17.3. The zero-order valence-electron chi connectivity index (χ0n) is 13.9. The van der Waals surface area contributed by atoms with Crippen LogP contribution < -0.4 is 14.8 Å². The Balaban J connectivity index is 1.66. The summed E-state index contributed by atoms with van der Waals surface area (Å²) in [6, 6.07) is 13.5. The third kappa shape index (κ3) is 4.73. The fourth-order valence-electron chi connectivity index (χ4n) is 2.31. The largest absolute Gasteiger partial charge is 0.484 e. The van der Waals surface area contributed by atoms with Crippen LogP contribution in [-0.4, -0.2) is 27.0 Å². The van der Waals surface area contributed by atoms with Gasteiger partial charge in [0.25, 0.3) is 15.9 Å². The van der Waals surface area contributed by atoms with Gasteiger partial charge < -0.3 is 10.1 Å². The van der Waals surface area contributed by atoms with E-state index in [9.17, 15) is 13.2 Å². The number of carbonyl (C=O) groups excluding carboxylic acids is 1. The Kier molecular flexibility index (Phi) is 4.94. The number of nitrogens with one attached hydrogen (secondary N) is 2. The van der Waals surface area contributed by atoms with Crippen molar-refractivity contribution < 1.29 is 17.9 Å². The third-order valence-electron chi connectivity index (χ3n) is 3.78. The van der Waals surface area contributed by atoms with Crippen LogP contribution in [0.15, 0.2) is 53.4 Å². The Morgan fingerprint density at radius 3 is 2.52 bits per heavy atom. The SMILES string of the molecule is Cc1cc(S(=O)(=O)Nc2ccccc2)ccc1OCC(=O)NC1CC1. The van der Waals surface area contributed by atoms with E-state index in [4.69, 9.17) is 4.74 Å². The van der Waals surface area contributed by atoms with Gasteiger partial charge in [0, 0.05) is 11.7 Å². The fourth-order valence-corrected chi connectivity index (χ4v) is 3.45. The highest BCUT2D eigenvalue weighted by atomic mass is 32.2. The second-order valence-electron chi connectivity index (χ2n) is 6.03. The first-order valence-corrected chi connectivity index (χ1v) is 9.53. The maximum absolute atomic E-state index is 12.4. The van der Waals surface area contributed by atoms with Crippen LogP contribution in [0.2, 0.25) is 0 Å². The molecule has 0 spiro atoms. The lowest BCUT2D eigenvalue weighted by Crippen LogP contribution is -2.30. The number of benzene rings is 2. The molecule has 2 aromatic carbocycles. The molecular weight excluding hydrogens is 340 g/mol. The van der Waals surface area contributed by atoms with Gasteiger partial charge in [-0.05, 0) is 55.7 Å². The number of rotatable bonds is 7. The molecule has 1 fully saturated rings. The van der Waals surface area contributed by atoms with Crippen LogP contribution in [0, 0.1) is 6.92 Å². The highest BCUT2D eigenvalue weighted by Gasteiger charge is 2.23. The molecule has 1 aliphatic rings. The summed E-state index contributed by atoms with van der Waals surface area (Å²) in [4.78, 5) is 11.8. The predicted octanol–water partition coefficient (Wildman–Crippen LogP) is 2.45. The summed E-state index contributed by atoms with van der Waals surface area (Å²) in [7, 11) is -3.68. The molecule has 0 aliphatic heterocycles. The summed E-state index contributed by atoms with van der Waals surface area (Å²) >= 11 is 0. The summed E-state index contributed by atoms with van der Waals surface area (Å²) in [5.74, 6) is 0.328. The van der Waals surface area contributed by atoms with Gasteiger partial charge in [-0.3, -0.25) is 9.52 Å². The molecule has 0 saturated heterocycles. The number of sulfonamides is 1. The maximum Gasteiger partial charge on any atom is 0.261 e. The molecule has 132 valence electrons. The quantitative estimate of drug-likeness (QED) is 0.794. The first-order valence-electron chi connectivity index (χ1n) is 8.05. The minimum Gasteiger partial charge on any atom is -0.484 e. The molecule has 2 N–H and O–H groups in total. The normalized spacial score (nSPS) is 14.0. The van der Waals surface area contributed by atoms with E-state index in [1.807, 2.05) is 6.07 Å². The van der Waals surface area contributed by atoms with Crippen molar-refractivity contribution >= 4 is 21.6 Å². The number of hydrogen-bond acceptors (Lipinski definition) is 4. The van der Waals surface area contributed by atoms with Crippen molar-refractivity contribution in [3.63, 3.8) is 0 Å². The summed E-state index contributed by atoms with van der Waals surface area (Å²) in [5.41, 5.74) is 1.15. The summed E-state index contributed by atoms with van der Waals surface area (Å²) in [5, 5.41) is 2.84. The molecule has 6 nitrogen and oxygen atoms in total. The Morgan fingerprint density at radius 2 is 1.88 bits per heavy atom. The summed E-state index contributed by atoms with van der Waals surface area (Å²) < 4.78 is 32.9. The molecule has 1 amide bonds. The molecule has 0 unspecified atom stereocenters. The highest BCUT2D eigenvalue weighted by Crippen LogP contribution is 2.24. The van der Waals surface area contributed by atoms with E-state index in [0.29, 0.717) is 17.0 Å². The zero-order chi connectivity index (χ0) is 17.9. The van der Waals surface area contributed by atoms with E-state index in [-0.39, 0.29) is 23.5 Å². The first-order chi connectivity index (χ1) is 11.9. The molecule has 0 bridgehead atoms. The average molecular weight is 360 g/mol. The lowest BCUT2D eigenvalue weighted by atomic mass is 10.2. The summed E-state index contributed by atoms with van der Waals surface area (Å²) in [6.07, 6.45) is 2.04. The van der Waals surface area contributed by atoms with Gasteiger partial charge in [-0.25, -0.2) is 8.42 Å². The molecule has 1 aliphatic carbocycles. The molecular formula is C18H20N2O4S. The number of para-hydroxylation sites is 1. The van der Waals surface area contributed by atoms with Gasteiger partial charge in [0.05, 0.1) is 4.90 Å². The van der Waals surface area contributed by atoms with Gasteiger partial charge in [0.15, 0.2) is 6.61 Å². The van der Waals surface area contributed by atoms with Crippen LogP contribution in [0.1, 0.15) is 18.4 Å². The molecule has 0 heterocycles. The van der Waals surface area contributed by atoms with E-state index in [2.05, 4.69) is 10.0 Å². The molecule has 2 aromatic rings. The Bertz CT molecular complexity index is 862. The average Bonchev–Trinajstić information content (AvgIpc) is 3.38. The minimum atomic E-state index is -3.68. The van der Waals surface area contributed by atoms with Gasteiger partial charge in [-0.15, -0.1) is 0 Å². The highest BCUT2D eigenvalue weighted by molar-refractivity contribution is 7.92. The monoisotopic (exact) mass is 360 g/mol. The van der Waals surface area contributed by atoms with Crippen LogP contribution in [-0.2, 0) is 14.8 Å². The number of aryl methyl sites for hydroxylation is 1. The number of amides is 1. The minimum absolute atomic E-state index is 0.0777. The molecule has 7 heteroatoms. The van der Waals surface area contributed by atoms with E-state index < -0.39 is 10.0 Å². The van der Waals surface area contributed by atoms with Gasteiger partial charge >= 0.3 is 0 Å². The molecule has 0 atom stereocenters. The van der Waals surface area contributed by atoms with Crippen molar-refractivity contribution in [3.05, 3.63) is 54.1 Å². The lowest BCUT2D eigenvalue weighted by Gasteiger charge is -2.12. The van der Waals surface area contributed by atoms with Crippen LogP contribution >= 0.6 is 0 Å². The van der Waals surface area contributed by atoms with Crippen molar-refractivity contribution in [2.45, 2.75) is 30.7 Å². The molecule has 3 rings (SSSR count). The van der Waals surface area contributed by atoms with Crippen molar-refractivity contribution in [3.8, 4) is 5.75 Å². The molecule has 25 heavy (non-hydrogen) atoms. The van der Waals surface area contributed by atoms with Crippen LogP contribution in [0.3, 0.4) is 0 Å². The number of anilines is 1. The smallest absolute Gasteiger partial charge is 0.261 e. The van der Waals surface area contributed by atoms with E-state index in [1.54, 1.807) is 37.3 Å². The fraction of sp³-hybridized carbons (Fsp3) is 0.278. The van der Waals surface area contributed by atoms with Crippen molar-refractivity contribution in [1.29, 1.82) is 0 Å². The van der Waals surface area contributed by atoms with E-state index in [1.165, 1.54) is 12.1 Å². The van der Waals surface area contributed by atoms with Crippen LogP contribution in [0.5, 0.6) is 5.75 Å². The number of ether oxygens (including phenoxy) is 1. The second-order valence-corrected chi connectivity index (χ2v) is 7.71. The van der Waals surface area contributed by atoms with Crippen LogP contribution in [0.4, 0.5) is 5.69 Å². The lowest BCUT2D eigenvalue weighted by molar-refractivity contribution is -0.123. The predicted molar refractivity (Wildman–Crippen MR) is 95.1 cm³/mol. The van der Waals surface area contributed by atoms with E-state index >= 15 is 0 Å². The molecule has 1 saturated carbocycles. The number of carbonyl (C=O) groups is 1. The van der Waals surface area contributed by atoms with Crippen molar-refractivity contribution in [2.75, 3.05) is 11.3 Å². The molecule has 0 radical (unpaired) electrons. The topological polar surface area (TPSA) is 84.5 Å². The third-order valence-corrected chi connectivity index (χ3v) is 5.16. The Hall–Kier alpha value is -2.54. The Labute approximate surface area is 147 Å². The van der Waals surface area contributed by atoms with Crippen molar-refractivity contribution in [2.24, 2.45) is 0 Å². The van der Waals surface area contributed by atoms with E-state index in [0.717, 1.165) is 12.8 Å². The second kappa shape index (κ2) is 7.14. The molecule has 0 aromatic heterocycles. The van der Waals surface area contributed by atoms with Crippen LogP contribution in [0.25, 0.3) is 0 Å². The van der Waals surface area contributed by atoms with Crippen molar-refractivity contribution in [1.82, 2.24) is 5.32 Å². The maximum atomic E-state index is 12.4.